The summed E-state index contributed by atoms with van der Waals surface area (Å²) in [5.41, 5.74) is 1.88. The number of pyridine rings is 1. The van der Waals surface area contributed by atoms with Crippen LogP contribution >= 0.6 is 0 Å². The van der Waals surface area contributed by atoms with Gasteiger partial charge in [0.2, 0.25) is 0 Å². The fourth-order valence-corrected chi connectivity index (χ4v) is 3.90. The molecular weight excluding hydrogens is 370 g/mol. The van der Waals surface area contributed by atoms with Crippen LogP contribution in [-0.4, -0.2) is 67.1 Å². The lowest BCUT2D eigenvalue weighted by molar-refractivity contribution is 0.0750. The molecule has 0 bridgehead atoms. The van der Waals surface area contributed by atoms with Crippen LogP contribution in [0, 0.1) is 0 Å². The minimum Gasteiger partial charge on any atom is -0.381 e. The fourth-order valence-electron chi connectivity index (χ4n) is 3.90. The van der Waals surface area contributed by atoms with E-state index >= 15 is 0 Å². The molecule has 0 aromatic carbocycles. The molecule has 0 radical (unpaired) electrons. The summed E-state index contributed by atoms with van der Waals surface area (Å²) in [7, 11) is 0. The number of aromatic amines is 1. The van der Waals surface area contributed by atoms with Gasteiger partial charge in [-0.2, -0.15) is 10.2 Å². The monoisotopic (exact) mass is 393 g/mol. The Kier molecular flexibility index (Phi) is 4.81. The van der Waals surface area contributed by atoms with Crippen LogP contribution in [0.2, 0.25) is 0 Å². The maximum absolute atomic E-state index is 13.0. The number of hydrogen-bond acceptors (Lipinski definition) is 6. The van der Waals surface area contributed by atoms with Crippen LogP contribution < -0.4 is 0 Å². The van der Waals surface area contributed by atoms with Crippen molar-refractivity contribution in [2.75, 3.05) is 26.3 Å². The van der Waals surface area contributed by atoms with Crippen molar-refractivity contribution < 1.29 is 9.53 Å². The Labute approximate surface area is 168 Å². The standard InChI is InChI=1S/C20H23N7O2/c28-20(17-13-16(23-24-17)15-3-1-2-7-21-15)26-8-4-18-22-19(25-27(18)10-9-26)14-5-11-29-12-6-14/h1-3,7,13-14H,4-6,8-12H2,(H,23,24). The molecule has 5 heterocycles. The fraction of sp³-hybridized carbons (Fsp3) is 0.450. The molecule has 1 saturated heterocycles. The smallest absolute Gasteiger partial charge is 0.271 e. The Morgan fingerprint density at radius 2 is 2.03 bits per heavy atom. The Bertz CT molecular complexity index is 966. The highest BCUT2D eigenvalue weighted by Gasteiger charge is 2.26. The molecule has 1 amide bonds. The number of ether oxygens (including phenoxy) is 1. The molecule has 2 aliphatic heterocycles. The van der Waals surface area contributed by atoms with Gasteiger partial charge in [-0.25, -0.2) is 9.67 Å². The van der Waals surface area contributed by atoms with E-state index < -0.39 is 0 Å². The van der Waals surface area contributed by atoms with Gasteiger partial charge in [0.1, 0.15) is 17.2 Å². The molecule has 0 spiro atoms. The minimum absolute atomic E-state index is 0.0601. The van der Waals surface area contributed by atoms with Gasteiger partial charge in [0.25, 0.3) is 5.91 Å². The van der Waals surface area contributed by atoms with Crippen molar-refractivity contribution in [1.29, 1.82) is 0 Å². The third-order valence-electron chi connectivity index (χ3n) is 5.56. The number of fused-ring (bicyclic) bond motifs is 1. The third kappa shape index (κ3) is 3.65. The lowest BCUT2D eigenvalue weighted by Crippen LogP contribution is -2.34. The van der Waals surface area contributed by atoms with Gasteiger partial charge in [-0.15, -0.1) is 0 Å². The predicted molar refractivity (Wildman–Crippen MR) is 104 cm³/mol. The van der Waals surface area contributed by atoms with Gasteiger partial charge in [-0.05, 0) is 31.0 Å². The summed E-state index contributed by atoms with van der Waals surface area (Å²) in [5.74, 6) is 2.21. The van der Waals surface area contributed by atoms with Crippen molar-refractivity contribution >= 4 is 5.91 Å². The normalized spacial score (nSPS) is 17.7. The summed E-state index contributed by atoms with van der Waals surface area (Å²) in [4.78, 5) is 23.8. The highest BCUT2D eigenvalue weighted by molar-refractivity contribution is 5.93. The Balaban J connectivity index is 1.27. The van der Waals surface area contributed by atoms with Crippen molar-refractivity contribution in [2.45, 2.75) is 31.7 Å². The Morgan fingerprint density at radius 3 is 2.86 bits per heavy atom. The van der Waals surface area contributed by atoms with Crippen LogP contribution in [0.25, 0.3) is 11.4 Å². The Morgan fingerprint density at radius 1 is 1.14 bits per heavy atom. The lowest BCUT2D eigenvalue weighted by Gasteiger charge is -2.20. The molecule has 0 unspecified atom stereocenters. The van der Waals surface area contributed by atoms with E-state index in [0.29, 0.717) is 43.4 Å². The molecule has 5 rings (SSSR count). The second-order valence-electron chi connectivity index (χ2n) is 7.42. The van der Waals surface area contributed by atoms with Crippen molar-refractivity contribution in [3.8, 4) is 11.4 Å². The van der Waals surface area contributed by atoms with Crippen LogP contribution in [0.15, 0.2) is 30.5 Å². The van der Waals surface area contributed by atoms with Gasteiger partial charge < -0.3 is 9.64 Å². The number of H-pyrrole nitrogens is 1. The molecule has 0 saturated carbocycles. The zero-order valence-corrected chi connectivity index (χ0v) is 16.1. The van der Waals surface area contributed by atoms with Gasteiger partial charge in [-0.3, -0.25) is 14.9 Å². The average molecular weight is 393 g/mol. The van der Waals surface area contributed by atoms with E-state index in [-0.39, 0.29) is 5.91 Å². The van der Waals surface area contributed by atoms with E-state index in [4.69, 9.17) is 14.8 Å². The van der Waals surface area contributed by atoms with Gasteiger partial charge in [-0.1, -0.05) is 6.07 Å². The molecule has 9 nitrogen and oxygen atoms in total. The first-order valence-corrected chi connectivity index (χ1v) is 10.1. The highest BCUT2D eigenvalue weighted by atomic mass is 16.5. The summed E-state index contributed by atoms with van der Waals surface area (Å²) in [6.07, 6.45) is 4.37. The van der Waals surface area contributed by atoms with Crippen LogP contribution in [0.4, 0.5) is 0 Å². The number of hydrogen-bond donors (Lipinski definition) is 1. The van der Waals surface area contributed by atoms with Crippen molar-refractivity contribution in [2.24, 2.45) is 0 Å². The number of carbonyl (C=O) groups excluding carboxylic acids is 1. The van der Waals surface area contributed by atoms with Crippen LogP contribution in [0.5, 0.6) is 0 Å². The first-order chi connectivity index (χ1) is 14.3. The number of nitrogens with zero attached hydrogens (tertiary/aromatic N) is 6. The van der Waals surface area contributed by atoms with Gasteiger partial charge in [0, 0.05) is 44.8 Å². The maximum atomic E-state index is 13.0. The van der Waals surface area contributed by atoms with Crippen LogP contribution in [0.3, 0.4) is 0 Å². The molecule has 3 aromatic rings. The number of aromatic nitrogens is 6. The van der Waals surface area contributed by atoms with E-state index in [1.165, 1.54) is 0 Å². The molecule has 3 aromatic heterocycles. The molecule has 29 heavy (non-hydrogen) atoms. The molecule has 9 heteroatoms. The topological polar surface area (TPSA) is 102 Å². The first kappa shape index (κ1) is 18.0. The number of rotatable bonds is 3. The molecule has 1 fully saturated rings. The van der Waals surface area contributed by atoms with Crippen molar-refractivity contribution in [1.82, 2.24) is 34.8 Å². The van der Waals surface area contributed by atoms with Gasteiger partial charge in [0.15, 0.2) is 5.82 Å². The average Bonchev–Trinajstić information content (AvgIpc) is 3.38. The second kappa shape index (κ2) is 7.75. The predicted octanol–water partition coefficient (Wildman–Crippen LogP) is 1.66. The largest absolute Gasteiger partial charge is 0.381 e. The maximum Gasteiger partial charge on any atom is 0.271 e. The van der Waals surface area contributed by atoms with Crippen molar-refractivity contribution in [3.05, 3.63) is 47.8 Å². The van der Waals surface area contributed by atoms with E-state index in [9.17, 15) is 4.79 Å². The van der Waals surface area contributed by atoms with Crippen molar-refractivity contribution in [3.63, 3.8) is 0 Å². The van der Waals surface area contributed by atoms with E-state index in [0.717, 1.165) is 43.4 Å². The quantitative estimate of drug-likeness (QED) is 0.726. The zero-order valence-electron chi connectivity index (χ0n) is 16.1. The summed E-state index contributed by atoms with van der Waals surface area (Å²) in [5, 5.41) is 11.8. The van der Waals surface area contributed by atoms with Crippen LogP contribution in [-0.2, 0) is 17.7 Å². The first-order valence-electron chi connectivity index (χ1n) is 10.1. The molecule has 2 aliphatic rings. The summed E-state index contributed by atoms with van der Waals surface area (Å²) in [6.45, 7) is 3.42. The molecular formula is C20H23N7O2. The van der Waals surface area contributed by atoms with E-state index in [1.54, 1.807) is 12.3 Å². The summed E-state index contributed by atoms with van der Waals surface area (Å²) >= 11 is 0. The molecule has 0 atom stereocenters. The molecule has 150 valence electrons. The van der Waals surface area contributed by atoms with Gasteiger partial charge >= 0.3 is 0 Å². The summed E-state index contributed by atoms with van der Waals surface area (Å²) in [6, 6.07) is 7.38. The number of amides is 1. The van der Waals surface area contributed by atoms with Gasteiger partial charge in [0.05, 0.1) is 12.2 Å². The lowest BCUT2D eigenvalue weighted by atomic mass is 10.00. The second-order valence-corrected chi connectivity index (χ2v) is 7.42. The van der Waals surface area contributed by atoms with E-state index in [1.807, 2.05) is 27.8 Å². The SMILES string of the molecule is O=C(c1cc(-c2ccccn2)n[nH]1)N1CCc2nc(C3CCOCC3)nn2CC1. The molecule has 0 aliphatic carbocycles. The van der Waals surface area contributed by atoms with Crippen LogP contribution in [0.1, 0.15) is 40.9 Å². The minimum atomic E-state index is -0.0601. The zero-order chi connectivity index (χ0) is 19.6. The number of carbonyl (C=O) groups is 1. The third-order valence-corrected chi connectivity index (χ3v) is 5.56. The Hall–Kier alpha value is -3.07. The highest BCUT2D eigenvalue weighted by Crippen LogP contribution is 2.25. The molecule has 1 N–H and O–H groups in total. The van der Waals surface area contributed by atoms with E-state index in [2.05, 4.69) is 15.2 Å². The number of nitrogens with one attached hydrogen (secondary N) is 1. The summed E-state index contributed by atoms with van der Waals surface area (Å²) < 4.78 is 7.40.